The van der Waals surface area contributed by atoms with Crippen molar-refractivity contribution in [3.05, 3.63) is 105 Å². The van der Waals surface area contributed by atoms with Crippen LogP contribution in [0.2, 0.25) is 0 Å². The lowest BCUT2D eigenvalue weighted by Gasteiger charge is -2.05. The van der Waals surface area contributed by atoms with Gasteiger partial charge in [0.1, 0.15) is 4.88 Å². The lowest BCUT2D eigenvalue weighted by Crippen LogP contribution is -2.22. The van der Waals surface area contributed by atoms with Crippen molar-refractivity contribution in [3.8, 4) is 11.6 Å². The van der Waals surface area contributed by atoms with Gasteiger partial charge in [-0.15, -0.1) is 5.10 Å². The van der Waals surface area contributed by atoms with Crippen LogP contribution in [0.25, 0.3) is 11.3 Å². The number of thiazole rings is 1. The highest BCUT2D eigenvalue weighted by atomic mass is 32.1. The summed E-state index contributed by atoms with van der Waals surface area (Å²) in [6, 6.07) is 26.3. The van der Waals surface area contributed by atoms with Crippen LogP contribution in [-0.4, -0.2) is 15.6 Å². The van der Waals surface area contributed by atoms with Gasteiger partial charge in [0.15, 0.2) is 0 Å². The number of nitrogens with one attached hydrogen (secondary N) is 1. The van der Waals surface area contributed by atoms with Crippen molar-refractivity contribution in [2.75, 3.05) is 5.43 Å². The number of para-hydroxylation sites is 3. The molecule has 0 fully saturated rings. The Morgan fingerprint density at radius 3 is 2.33 bits per heavy atom. The molecule has 0 saturated heterocycles. The number of carbonyl (C=O) groups excluding carboxylic acids is 1. The molecule has 0 spiro atoms. The predicted molar refractivity (Wildman–Crippen MR) is 116 cm³/mol. The van der Waals surface area contributed by atoms with Crippen molar-refractivity contribution < 1.29 is 9.90 Å². The molecular formula is C23H16N4O2S. The third-order valence-electron chi connectivity index (χ3n) is 4.70. The molecule has 146 valence electrons. The monoisotopic (exact) mass is 412 g/mol. The molecule has 4 aromatic rings. The second-order valence-electron chi connectivity index (χ2n) is 6.61. The number of rotatable bonds is 4. The summed E-state index contributed by atoms with van der Waals surface area (Å²) in [6.45, 7) is 0. The fourth-order valence-electron chi connectivity index (χ4n) is 3.33. The van der Waals surface area contributed by atoms with Crippen molar-refractivity contribution >= 4 is 28.5 Å². The van der Waals surface area contributed by atoms with Crippen LogP contribution in [0.3, 0.4) is 0 Å². The summed E-state index contributed by atoms with van der Waals surface area (Å²) < 4.78 is 1.62. The molecule has 1 amide bonds. The number of amides is 1. The van der Waals surface area contributed by atoms with E-state index in [1.54, 1.807) is 10.6 Å². The van der Waals surface area contributed by atoms with Gasteiger partial charge in [-0.2, -0.15) is 0 Å². The quantitative estimate of drug-likeness (QED) is 0.506. The first kappa shape index (κ1) is 18.1. The summed E-state index contributed by atoms with van der Waals surface area (Å²) in [6.07, 6.45) is 0. The van der Waals surface area contributed by atoms with Gasteiger partial charge < -0.3 is 5.11 Å². The number of fused-ring (bicyclic) bond motifs is 1. The number of hydrogen-bond acceptors (Lipinski definition) is 5. The van der Waals surface area contributed by atoms with E-state index in [0.717, 1.165) is 11.4 Å². The highest BCUT2D eigenvalue weighted by molar-refractivity contribution is 7.11. The van der Waals surface area contributed by atoms with E-state index in [1.807, 2.05) is 78.9 Å². The van der Waals surface area contributed by atoms with Crippen LogP contribution < -0.4 is 20.8 Å². The molecule has 7 heteroatoms. The average Bonchev–Trinajstić information content (AvgIpc) is 3.28. The Balaban J connectivity index is 1.75. The maximum atomic E-state index is 12.7. The van der Waals surface area contributed by atoms with Gasteiger partial charge in [0, 0.05) is 5.22 Å². The molecule has 1 aliphatic rings. The zero-order valence-electron chi connectivity index (χ0n) is 15.7. The van der Waals surface area contributed by atoms with Gasteiger partial charge in [0.2, 0.25) is 10.7 Å². The van der Waals surface area contributed by atoms with E-state index in [-0.39, 0.29) is 11.8 Å². The highest BCUT2D eigenvalue weighted by Crippen LogP contribution is 2.30. The third kappa shape index (κ3) is 3.11. The van der Waals surface area contributed by atoms with Crippen molar-refractivity contribution in [1.82, 2.24) is 4.57 Å². The van der Waals surface area contributed by atoms with Crippen molar-refractivity contribution in [1.29, 1.82) is 0 Å². The molecule has 1 aromatic heterocycles. The van der Waals surface area contributed by atoms with Crippen LogP contribution in [-0.2, 0) is 4.79 Å². The van der Waals surface area contributed by atoms with E-state index < -0.39 is 0 Å². The molecule has 6 nitrogen and oxygen atoms in total. The molecule has 0 saturated carbocycles. The topological polar surface area (TPSA) is 79.0 Å². The van der Waals surface area contributed by atoms with Gasteiger partial charge in [0.25, 0.3) is 5.91 Å². The minimum Gasteiger partial charge on any atom is -0.493 e. The summed E-state index contributed by atoms with van der Waals surface area (Å²) in [5, 5.41) is 17.0. The van der Waals surface area contributed by atoms with Gasteiger partial charge in [-0.25, -0.2) is 4.99 Å². The van der Waals surface area contributed by atoms with E-state index >= 15 is 0 Å². The second kappa shape index (κ2) is 7.46. The van der Waals surface area contributed by atoms with Gasteiger partial charge in [0.05, 0.1) is 22.3 Å². The fraction of sp³-hybridized carbons (Fsp3) is 0. The van der Waals surface area contributed by atoms with Gasteiger partial charge in [-0.1, -0.05) is 65.9 Å². The van der Waals surface area contributed by atoms with Crippen LogP contribution in [0.5, 0.6) is 5.88 Å². The molecule has 0 aliphatic carbocycles. The number of benzene rings is 3. The van der Waals surface area contributed by atoms with E-state index in [1.165, 1.54) is 11.3 Å². The first-order valence-electron chi connectivity index (χ1n) is 9.30. The molecule has 0 unspecified atom stereocenters. The Hall–Kier alpha value is -3.97. The number of aromatic nitrogens is 1. The molecule has 1 aliphatic heterocycles. The molecule has 2 N–H and O–H groups in total. The van der Waals surface area contributed by atoms with Crippen molar-refractivity contribution in [3.63, 3.8) is 0 Å². The molecule has 0 bridgehead atoms. The molecule has 0 radical (unpaired) electrons. The standard InChI is InChI=1S/C23H16N4O2S/c28-21-19(17-13-7-8-14-18(17)24-21)20-22(29)27(16-11-5-2-6-12-16)23(30-20)26-25-15-9-3-1-4-10-15/h1-14,25,29H/b26-23+. The maximum absolute atomic E-state index is 12.7. The molecule has 5 rings (SSSR count). The number of hydrogen-bond donors (Lipinski definition) is 2. The van der Waals surface area contributed by atoms with Crippen LogP contribution in [0.4, 0.5) is 5.69 Å². The Morgan fingerprint density at radius 1 is 0.900 bits per heavy atom. The molecule has 30 heavy (non-hydrogen) atoms. The number of carbonyl (C=O) groups is 1. The van der Waals surface area contributed by atoms with Gasteiger partial charge in [-0.3, -0.25) is 14.8 Å². The largest absolute Gasteiger partial charge is 0.493 e. The summed E-state index contributed by atoms with van der Waals surface area (Å²) >= 11 is 1.23. The maximum Gasteiger partial charge on any atom is 0.279 e. The fourth-order valence-corrected chi connectivity index (χ4v) is 4.37. The van der Waals surface area contributed by atoms with Crippen LogP contribution in [0, 0.1) is 0 Å². The Kier molecular flexibility index (Phi) is 4.49. The van der Waals surface area contributed by atoms with Crippen LogP contribution in [0.1, 0.15) is 4.88 Å². The number of aromatic hydroxyl groups is 1. The minimum atomic E-state index is -0.365. The van der Waals surface area contributed by atoms with Crippen LogP contribution >= 0.6 is 11.3 Å². The number of anilines is 1. The zero-order chi connectivity index (χ0) is 20.5. The first-order chi connectivity index (χ1) is 14.7. The summed E-state index contributed by atoms with van der Waals surface area (Å²) in [5.74, 6) is -0.411. The molecule has 2 heterocycles. The minimum absolute atomic E-state index is 0.0462. The van der Waals surface area contributed by atoms with Gasteiger partial charge >= 0.3 is 0 Å². The smallest absolute Gasteiger partial charge is 0.279 e. The number of nitrogens with zero attached hydrogens (tertiary/aromatic N) is 3. The average molecular weight is 412 g/mol. The predicted octanol–water partition coefficient (Wildman–Crippen LogP) is 2.53. The lowest BCUT2D eigenvalue weighted by atomic mass is 10.1. The molecule has 0 atom stereocenters. The summed E-state index contributed by atoms with van der Waals surface area (Å²) in [5.41, 5.74) is 4.96. The first-order valence-corrected chi connectivity index (χ1v) is 10.1. The molecular weight excluding hydrogens is 396 g/mol. The zero-order valence-corrected chi connectivity index (χ0v) is 16.5. The summed E-state index contributed by atoms with van der Waals surface area (Å²) in [4.78, 5) is 17.7. The van der Waals surface area contributed by atoms with Crippen molar-refractivity contribution in [2.24, 2.45) is 10.1 Å². The Morgan fingerprint density at radius 2 is 1.57 bits per heavy atom. The van der Waals surface area contributed by atoms with Crippen LogP contribution in [0.15, 0.2) is 95.0 Å². The Labute approximate surface area is 175 Å². The SMILES string of the molecule is O=C1N=c2ccccc2=C1c1s/c(=N/Nc2ccccc2)n(-c2ccccc2)c1O. The second-order valence-corrected chi connectivity index (χ2v) is 7.58. The third-order valence-corrected chi connectivity index (χ3v) is 5.75. The van der Waals surface area contributed by atoms with E-state index in [0.29, 0.717) is 25.8 Å². The highest BCUT2D eigenvalue weighted by Gasteiger charge is 2.26. The van der Waals surface area contributed by atoms with E-state index in [9.17, 15) is 9.90 Å². The molecule has 3 aromatic carbocycles. The normalized spacial score (nSPS) is 13.3. The lowest BCUT2D eigenvalue weighted by molar-refractivity contribution is -0.112. The van der Waals surface area contributed by atoms with Crippen molar-refractivity contribution in [2.45, 2.75) is 0 Å². The van der Waals surface area contributed by atoms with E-state index in [4.69, 9.17) is 0 Å². The van der Waals surface area contributed by atoms with Gasteiger partial charge in [-0.05, 0) is 30.3 Å². The Bertz CT molecular complexity index is 1440. The van der Waals surface area contributed by atoms with E-state index in [2.05, 4.69) is 15.5 Å². The summed E-state index contributed by atoms with van der Waals surface area (Å²) in [7, 11) is 0.